The molecule has 4 heteroatoms. The van der Waals surface area contributed by atoms with Crippen LogP contribution >= 0.6 is 22.6 Å². The van der Waals surface area contributed by atoms with E-state index in [1.807, 2.05) is 36.4 Å². The topological polar surface area (TPSA) is 52.5 Å². The first kappa shape index (κ1) is 11.2. The number of para-hydroxylation sites is 1. The lowest BCUT2D eigenvalue weighted by atomic mass is 10.2. The molecule has 0 aliphatic heterocycles. The zero-order chi connectivity index (χ0) is 12.5. The van der Waals surface area contributed by atoms with E-state index >= 15 is 0 Å². The van der Waals surface area contributed by atoms with Crippen LogP contribution in [0.4, 0.5) is 0 Å². The number of nitrogens with zero attached hydrogens (tertiary/aromatic N) is 2. The van der Waals surface area contributed by atoms with E-state index < -0.39 is 0 Å². The lowest BCUT2D eigenvalue weighted by Crippen LogP contribution is -1.83. The summed E-state index contributed by atoms with van der Waals surface area (Å²) >= 11 is 2.28. The number of aromatic amines is 1. The highest BCUT2D eigenvalue weighted by molar-refractivity contribution is 14.1. The van der Waals surface area contributed by atoms with Gasteiger partial charge in [-0.2, -0.15) is 5.26 Å². The van der Waals surface area contributed by atoms with Crippen LogP contribution < -0.4 is 0 Å². The molecule has 0 atom stereocenters. The number of aromatic nitrogens is 2. The lowest BCUT2D eigenvalue weighted by molar-refractivity contribution is 1.33. The van der Waals surface area contributed by atoms with Gasteiger partial charge in [0.05, 0.1) is 11.1 Å². The summed E-state index contributed by atoms with van der Waals surface area (Å²) in [4.78, 5) is 7.79. The van der Waals surface area contributed by atoms with Crippen molar-refractivity contribution in [3.8, 4) is 17.5 Å². The standard InChI is InChI=1S/C14H8IN3/c15-11-6-2-1-5-10(11)14-17-12-7-3-4-9(8-16)13(12)18-14/h1-7H,(H,17,18). The van der Waals surface area contributed by atoms with Gasteiger partial charge < -0.3 is 4.98 Å². The van der Waals surface area contributed by atoms with Crippen LogP contribution in [-0.4, -0.2) is 9.97 Å². The van der Waals surface area contributed by atoms with Gasteiger partial charge >= 0.3 is 0 Å². The van der Waals surface area contributed by atoms with E-state index in [1.165, 1.54) is 0 Å². The zero-order valence-electron chi connectivity index (χ0n) is 9.31. The van der Waals surface area contributed by atoms with Gasteiger partial charge in [0.25, 0.3) is 0 Å². The smallest absolute Gasteiger partial charge is 0.139 e. The average molecular weight is 345 g/mol. The molecule has 1 aromatic heterocycles. The first-order chi connectivity index (χ1) is 8.79. The van der Waals surface area contributed by atoms with Crippen molar-refractivity contribution in [1.29, 1.82) is 5.26 Å². The molecule has 18 heavy (non-hydrogen) atoms. The Bertz CT molecular complexity index is 768. The van der Waals surface area contributed by atoms with Crippen molar-refractivity contribution in [1.82, 2.24) is 9.97 Å². The van der Waals surface area contributed by atoms with E-state index in [9.17, 15) is 0 Å². The van der Waals surface area contributed by atoms with Gasteiger partial charge in [-0.1, -0.05) is 24.3 Å². The van der Waals surface area contributed by atoms with Crippen LogP contribution in [0.5, 0.6) is 0 Å². The van der Waals surface area contributed by atoms with Gasteiger partial charge in [-0.25, -0.2) is 4.98 Å². The monoisotopic (exact) mass is 345 g/mol. The molecule has 86 valence electrons. The summed E-state index contributed by atoms with van der Waals surface area (Å²) in [6.07, 6.45) is 0. The molecule has 0 aliphatic rings. The molecule has 0 saturated carbocycles. The van der Waals surface area contributed by atoms with E-state index in [2.05, 4.69) is 38.6 Å². The van der Waals surface area contributed by atoms with Gasteiger partial charge in [0, 0.05) is 9.13 Å². The minimum atomic E-state index is 0.598. The Kier molecular flexibility index (Phi) is 2.76. The molecule has 3 rings (SSSR count). The second kappa shape index (κ2) is 4.42. The van der Waals surface area contributed by atoms with E-state index in [0.29, 0.717) is 5.56 Å². The van der Waals surface area contributed by atoms with Crippen LogP contribution in [0.1, 0.15) is 5.56 Å². The summed E-state index contributed by atoms with van der Waals surface area (Å²) in [6.45, 7) is 0. The summed E-state index contributed by atoms with van der Waals surface area (Å²) in [6, 6.07) is 15.8. The Balaban J connectivity index is 2.27. The number of imidazole rings is 1. The van der Waals surface area contributed by atoms with E-state index in [-0.39, 0.29) is 0 Å². The second-order valence-electron chi connectivity index (χ2n) is 3.88. The first-order valence-electron chi connectivity index (χ1n) is 5.43. The van der Waals surface area contributed by atoms with E-state index in [1.54, 1.807) is 6.07 Å². The van der Waals surface area contributed by atoms with Gasteiger partial charge in [-0.15, -0.1) is 0 Å². The Morgan fingerprint density at radius 3 is 2.72 bits per heavy atom. The lowest BCUT2D eigenvalue weighted by Gasteiger charge is -1.98. The number of rotatable bonds is 1. The molecule has 0 spiro atoms. The van der Waals surface area contributed by atoms with Crippen molar-refractivity contribution < 1.29 is 0 Å². The molecule has 0 aliphatic carbocycles. The minimum Gasteiger partial charge on any atom is -0.338 e. The maximum atomic E-state index is 9.06. The van der Waals surface area contributed by atoms with Crippen LogP contribution in [-0.2, 0) is 0 Å². The average Bonchev–Trinajstić information content (AvgIpc) is 2.82. The zero-order valence-corrected chi connectivity index (χ0v) is 11.5. The number of halogens is 1. The molecule has 0 bridgehead atoms. The van der Waals surface area contributed by atoms with Crippen LogP contribution in [0.25, 0.3) is 22.4 Å². The molecule has 0 fully saturated rings. The molecule has 0 saturated heterocycles. The summed E-state index contributed by atoms with van der Waals surface area (Å²) in [7, 11) is 0. The SMILES string of the molecule is N#Cc1cccc2[nH]c(-c3ccccc3I)nc12. The third-order valence-corrected chi connectivity index (χ3v) is 3.70. The normalized spacial score (nSPS) is 10.4. The van der Waals surface area contributed by atoms with Crippen LogP contribution in [0.2, 0.25) is 0 Å². The Labute approximate surface area is 118 Å². The van der Waals surface area contributed by atoms with Gasteiger partial charge in [0.2, 0.25) is 0 Å². The molecule has 1 N–H and O–H groups in total. The van der Waals surface area contributed by atoms with Crippen molar-refractivity contribution in [2.45, 2.75) is 0 Å². The van der Waals surface area contributed by atoms with Gasteiger partial charge in [-0.05, 0) is 40.8 Å². The fourth-order valence-corrected chi connectivity index (χ4v) is 2.55. The summed E-state index contributed by atoms with van der Waals surface area (Å²) in [5.41, 5.74) is 3.28. The number of benzene rings is 2. The molecular formula is C14H8IN3. The number of H-pyrrole nitrogens is 1. The Hall–Kier alpha value is -1.87. The molecule has 3 nitrogen and oxygen atoms in total. The van der Waals surface area contributed by atoms with Crippen LogP contribution in [0.3, 0.4) is 0 Å². The Morgan fingerprint density at radius 2 is 1.94 bits per heavy atom. The van der Waals surface area contributed by atoms with Crippen molar-refractivity contribution >= 4 is 33.6 Å². The Morgan fingerprint density at radius 1 is 1.11 bits per heavy atom. The maximum Gasteiger partial charge on any atom is 0.139 e. The summed E-state index contributed by atoms with van der Waals surface area (Å²) < 4.78 is 1.13. The number of fused-ring (bicyclic) bond motifs is 1. The van der Waals surface area contributed by atoms with E-state index in [0.717, 1.165) is 26.0 Å². The molecule has 3 aromatic rings. The van der Waals surface area contributed by atoms with Crippen LogP contribution in [0, 0.1) is 14.9 Å². The van der Waals surface area contributed by atoms with Gasteiger partial charge in [0.15, 0.2) is 0 Å². The summed E-state index contributed by atoms with van der Waals surface area (Å²) in [5.74, 6) is 0.803. The highest BCUT2D eigenvalue weighted by Crippen LogP contribution is 2.25. The first-order valence-corrected chi connectivity index (χ1v) is 6.51. The third kappa shape index (κ3) is 1.77. The second-order valence-corrected chi connectivity index (χ2v) is 5.04. The van der Waals surface area contributed by atoms with Crippen molar-refractivity contribution in [2.24, 2.45) is 0 Å². The quantitative estimate of drug-likeness (QED) is 0.684. The number of hydrogen-bond donors (Lipinski definition) is 1. The molecule has 0 unspecified atom stereocenters. The molecule has 0 amide bonds. The largest absolute Gasteiger partial charge is 0.338 e. The number of nitrogens with one attached hydrogen (secondary N) is 1. The fraction of sp³-hybridized carbons (Fsp3) is 0. The summed E-state index contributed by atoms with van der Waals surface area (Å²) in [5, 5.41) is 9.06. The molecule has 2 aromatic carbocycles. The van der Waals surface area contributed by atoms with E-state index in [4.69, 9.17) is 5.26 Å². The molecular weight excluding hydrogens is 337 g/mol. The predicted octanol–water partition coefficient (Wildman–Crippen LogP) is 3.71. The van der Waals surface area contributed by atoms with Crippen molar-refractivity contribution in [3.63, 3.8) is 0 Å². The highest BCUT2D eigenvalue weighted by Gasteiger charge is 2.10. The third-order valence-electron chi connectivity index (χ3n) is 2.76. The molecule has 1 heterocycles. The fourth-order valence-electron chi connectivity index (χ4n) is 1.90. The van der Waals surface area contributed by atoms with Gasteiger partial charge in [-0.3, -0.25) is 0 Å². The van der Waals surface area contributed by atoms with Crippen LogP contribution in [0.15, 0.2) is 42.5 Å². The highest BCUT2D eigenvalue weighted by atomic mass is 127. The number of hydrogen-bond acceptors (Lipinski definition) is 2. The van der Waals surface area contributed by atoms with Crippen molar-refractivity contribution in [3.05, 3.63) is 51.6 Å². The van der Waals surface area contributed by atoms with Crippen molar-refractivity contribution in [2.75, 3.05) is 0 Å². The predicted molar refractivity (Wildman–Crippen MR) is 79.0 cm³/mol. The molecule has 0 radical (unpaired) electrons. The minimum absolute atomic E-state index is 0.598. The van der Waals surface area contributed by atoms with Gasteiger partial charge in [0.1, 0.15) is 17.4 Å². The maximum absolute atomic E-state index is 9.06. The number of nitriles is 1.